The Morgan fingerprint density at radius 1 is 1.21 bits per heavy atom. The van der Waals surface area contributed by atoms with Gasteiger partial charge in [-0.2, -0.15) is 5.10 Å². The Bertz CT molecular complexity index is 522. The van der Waals surface area contributed by atoms with Crippen molar-refractivity contribution in [2.24, 2.45) is 0 Å². The van der Waals surface area contributed by atoms with Crippen LogP contribution in [0.25, 0.3) is 21.0 Å². The van der Waals surface area contributed by atoms with Crippen LogP contribution in [0, 0.1) is 0 Å². The second-order valence-corrected chi connectivity index (χ2v) is 3.85. The van der Waals surface area contributed by atoms with Crippen LogP contribution in [0.5, 0.6) is 0 Å². The van der Waals surface area contributed by atoms with Crippen LogP contribution in [0.3, 0.4) is 0 Å². The largest absolute Gasteiger partial charge is 0.257 e. The number of hydrogen-bond acceptors (Lipinski definition) is 4. The summed E-state index contributed by atoms with van der Waals surface area (Å²) in [6.45, 7) is 0. The number of benzene rings is 1. The van der Waals surface area contributed by atoms with Crippen molar-refractivity contribution in [3.05, 3.63) is 30.6 Å². The van der Waals surface area contributed by atoms with Crippen LogP contribution in [-0.2, 0) is 0 Å². The molecule has 0 aliphatic rings. The SMILES string of the molecule is c1ccc2sc(-c3ncn[nH]3)nc2c1. The number of nitrogens with one attached hydrogen (secondary N) is 1. The topological polar surface area (TPSA) is 54.5 Å². The molecule has 14 heavy (non-hydrogen) atoms. The zero-order valence-electron chi connectivity index (χ0n) is 7.14. The molecule has 0 amide bonds. The van der Waals surface area contributed by atoms with Gasteiger partial charge in [-0.15, -0.1) is 11.3 Å². The summed E-state index contributed by atoms with van der Waals surface area (Å²) in [7, 11) is 0. The van der Waals surface area contributed by atoms with Crippen LogP contribution in [0.4, 0.5) is 0 Å². The first-order valence-corrected chi connectivity index (χ1v) is 4.96. The summed E-state index contributed by atoms with van der Waals surface area (Å²) >= 11 is 1.61. The second kappa shape index (κ2) is 2.88. The number of hydrogen-bond donors (Lipinski definition) is 1. The van der Waals surface area contributed by atoms with E-state index < -0.39 is 0 Å². The maximum atomic E-state index is 4.44. The van der Waals surface area contributed by atoms with Crippen LogP contribution < -0.4 is 0 Å². The summed E-state index contributed by atoms with van der Waals surface area (Å²) in [6.07, 6.45) is 1.49. The van der Waals surface area contributed by atoms with Crippen molar-refractivity contribution in [3.8, 4) is 10.8 Å². The normalized spacial score (nSPS) is 10.9. The number of para-hydroxylation sites is 1. The average Bonchev–Trinajstić information content (AvgIpc) is 2.86. The van der Waals surface area contributed by atoms with E-state index in [1.54, 1.807) is 11.3 Å². The van der Waals surface area contributed by atoms with E-state index in [1.165, 1.54) is 11.0 Å². The Morgan fingerprint density at radius 2 is 2.14 bits per heavy atom. The standard InChI is InChI=1S/C9H6N4S/c1-2-4-7-6(3-1)12-9(14-7)8-10-5-11-13-8/h1-5H,(H,10,11,13). The quantitative estimate of drug-likeness (QED) is 0.657. The molecular formula is C9H6N4S. The smallest absolute Gasteiger partial charge is 0.184 e. The fraction of sp³-hybridized carbons (Fsp3) is 0. The van der Waals surface area contributed by atoms with Gasteiger partial charge in [-0.3, -0.25) is 5.10 Å². The van der Waals surface area contributed by atoms with E-state index >= 15 is 0 Å². The zero-order chi connectivity index (χ0) is 9.38. The molecule has 2 aromatic heterocycles. The van der Waals surface area contributed by atoms with Crippen molar-refractivity contribution in [2.45, 2.75) is 0 Å². The van der Waals surface area contributed by atoms with Gasteiger partial charge >= 0.3 is 0 Å². The van der Waals surface area contributed by atoms with Gasteiger partial charge in [-0.05, 0) is 12.1 Å². The molecule has 1 aromatic carbocycles. The molecule has 1 N–H and O–H groups in total. The molecule has 0 saturated carbocycles. The van der Waals surface area contributed by atoms with Crippen molar-refractivity contribution >= 4 is 21.6 Å². The Hall–Kier alpha value is -1.75. The fourth-order valence-corrected chi connectivity index (χ4v) is 2.19. The third-order valence-electron chi connectivity index (χ3n) is 1.91. The van der Waals surface area contributed by atoms with Gasteiger partial charge in [-0.1, -0.05) is 12.1 Å². The van der Waals surface area contributed by atoms with Gasteiger partial charge in [0.1, 0.15) is 6.33 Å². The fourth-order valence-electron chi connectivity index (χ4n) is 1.28. The first-order chi connectivity index (χ1) is 6.93. The van der Waals surface area contributed by atoms with Crippen molar-refractivity contribution < 1.29 is 0 Å². The van der Waals surface area contributed by atoms with Crippen molar-refractivity contribution in [3.63, 3.8) is 0 Å². The summed E-state index contributed by atoms with van der Waals surface area (Å²) in [6, 6.07) is 8.02. The van der Waals surface area contributed by atoms with Gasteiger partial charge in [0, 0.05) is 0 Å². The number of fused-ring (bicyclic) bond motifs is 1. The highest BCUT2D eigenvalue weighted by Crippen LogP contribution is 2.27. The lowest BCUT2D eigenvalue weighted by atomic mass is 10.3. The molecule has 0 radical (unpaired) electrons. The lowest BCUT2D eigenvalue weighted by Crippen LogP contribution is -1.77. The summed E-state index contributed by atoms with van der Waals surface area (Å²) < 4.78 is 1.17. The molecule has 0 unspecified atom stereocenters. The molecule has 2 heterocycles. The predicted molar refractivity (Wildman–Crippen MR) is 55.0 cm³/mol. The first-order valence-electron chi connectivity index (χ1n) is 4.15. The number of thiazole rings is 1. The lowest BCUT2D eigenvalue weighted by molar-refractivity contribution is 1.09. The number of nitrogens with zero attached hydrogens (tertiary/aromatic N) is 3. The molecule has 3 rings (SSSR count). The summed E-state index contributed by atoms with van der Waals surface area (Å²) in [4.78, 5) is 8.50. The summed E-state index contributed by atoms with van der Waals surface area (Å²) in [5, 5.41) is 7.48. The molecule has 68 valence electrons. The number of rotatable bonds is 1. The van der Waals surface area contributed by atoms with E-state index in [2.05, 4.69) is 20.2 Å². The Kier molecular flexibility index (Phi) is 1.57. The van der Waals surface area contributed by atoms with Crippen LogP contribution >= 0.6 is 11.3 Å². The number of aromatic nitrogens is 4. The predicted octanol–water partition coefficient (Wildman–Crippen LogP) is 2.08. The van der Waals surface area contributed by atoms with Crippen molar-refractivity contribution in [1.82, 2.24) is 20.2 Å². The van der Waals surface area contributed by atoms with Gasteiger partial charge in [-0.25, -0.2) is 9.97 Å². The number of H-pyrrole nitrogens is 1. The minimum absolute atomic E-state index is 0.728. The summed E-state index contributed by atoms with van der Waals surface area (Å²) in [5.74, 6) is 0.728. The number of aromatic amines is 1. The molecule has 5 heteroatoms. The van der Waals surface area contributed by atoms with Gasteiger partial charge in [0.15, 0.2) is 10.8 Å². The second-order valence-electron chi connectivity index (χ2n) is 2.82. The minimum atomic E-state index is 0.728. The molecule has 0 aliphatic carbocycles. The maximum absolute atomic E-state index is 4.44. The molecular weight excluding hydrogens is 196 g/mol. The van der Waals surface area contributed by atoms with Gasteiger partial charge in [0.05, 0.1) is 10.2 Å². The van der Waals surface area contributed by atoms with Crippen LogP contribution in [-0.4, -0.2) is 20.2 Å². The maximum Gasteiger partial charge on any atom is 0.184 e. The van der Waals surface area contributed by atoms with Crippen LogP contribution in [0.2, 0.25) is 0 Å². The van der Waals surface area contributed by atoms with Gasteiger partial charge in [0.2, 0.25) is 0 Å². The highest BCUT2D eigenvalue weighted by molar-refractivity contribution is 7.21. The first kappa shape index (κ1) is 7.64. The highest BCUT2D eigenvalue weighted by Gasteiger charge is 2.06. The van der Waals surface area contributed by atoms with Gasteiger partial charge < -0.3 is 0 Å². The molecule has 0 atom stereocenters. The average molecular weight is 202 g/mol. The lowest BCUT2D eigenvalue weighted by Gasteiger charge is -1.82. The molecule has 4 nitrogen and oxygen atoms in total. The summed E-state index contributed by atoms with van der Waals surface area (Å²) in [5.41, 5.74) is 1.00. The third kappa shape index (κ3) is 1.10. The van der Waals surface area contributed by atoms with E-state index in [4.69, 9.17) is 0 Å². The third-order valence-corrected chi connectivity index (χ3v) is 2.95. The monoisotopic (exact) mass is 202 g/mol. The molecule has 0 spiro atoms. The zero-order valence-corrected chi connectivity index (χ0v) is 7.95. The minimum Gasteiger partial charge on any atom is -0.257 e. The van der Waals surface area contributed by atoms with Gasteiger partial charge in [0.25, 0.3) is 0 Å². The molecule has 3 aromatic rings. The Labute approximate surface area is 83.6 Å². The molecule has 0 aliphatic heterocycles. The van der Waals surface area contributed by atoms with E-state index in [0.29, 0.717) is 0 Å². The van der Waals surface area contributed by atoms with Crippen molar-refractivity contribution in [2.75, 3.05) is 0 Å². The van der Waals surface area contributed by atoms with E-state index in [0.717, 1.165) is 16.3 Å². The molecule has 0 bridgehead atoms. The van der Waals surface area contributed by atoms with E-state index in [9.17, 15) is 0 Å². The molecule has 0 saturated heterocycles. The van der Waals surface area contributed by atoms with E-state index in [-0.39, 0.29) is 0 Å². The molecule has 0 fully saturated rings. The van der Waals surface area contributed by atoms with Crippen LogP contribution in [0.1, 0.15) is 0 Å². The Balaban J connectivity index is 2.24. The highest BCUT2D eigenvalue weighted by atomic mass is 32.1. The van der Waals surface area contributed by atoms with Crippen LogP contribution in [0.15, 0.2) is 30.6 Å². The van der Waals surface area contributed by atoms with Crippen molar-refractivity contribution in [1.29, 1.82) is 0 Å². The Morgan fingerprint density at radius 3 is 2.93 bits per heavy atom. The van der Waals surface area contributed by atoms with E-state index in [1.807, 2.05) is 24.3 Å².